The molecule has 0 heterocycles. The molecule has 0 unspecified atom stereocenters. The largest absolute Gasteiger partial charge is 0.456 e. The zero-order chi connectivity index (χ0) is 18.4. The number of amides is 1. The van der Waals surface area contributed by atoms with Crippen molar-refractivity contribution in [1.82, 2.24) is 5.06 Å². The third-order valence-corrected chi connectivity index (χ3v) is 3.70. The molecular formula is C21H19NO4. The van der Waals surface area contributed by atoms with Crippen molar-refractivity contribution in [2.24, 2.45) is 0 Å². The first-order valence-corrected chi connectivity index (χ1v) is 8.10. The van der Waals surface area contributed by atoms with Crippen LogP contribution in [0.3, 0.4) is 0 Å². The Bertz CT molecular complexity index is 806. The minimum absolute atomic E-state index is 0.282. The van der Waals surface area contributed by atoms with E-state index in [1.807, 2.05) is 60.7 Å². The van der Waals surface area contributed by atoms with Crippen LogP contribution in [0.25, 0.3) is 0 Å². The van der Waals surface area contributed by atoms with Gasteiger partial charge in [-0.2, -0.15) is 0 Å². The number of carbonyl (C=O) groups is 1. The first kappa shape index (κ1) is 17.5. The Labute approximate surface area is 152 Å². The Hall–Kier alpha value is -3.31. The van der Waals surface area contributed by atoms with Crippen LogP contribution >= 0.6 is 0 Å². The van der Waals surface area contributed by atoms with Crippen molar-refractivity contribution < 1.29 is 19.1 Å². The highest BCUT2D eigenvalue weighted by Gasteiger charge is 2.23. The standard InChI is InChI=1S/C21H19NO4/c1-22(24-2)21(23)20-18(25-16-10-5-3-6-11-16)14-9-15-19(20)26-17-12-7-4-8-13-17/h3-15H,1-2H3. The van der Waals surface area contributed by atoms with Crippen LogP contribution in [0.4, 0.5) is 0 Å². The van der Waals surface area contributed by atoms with E-state index in [0.29, 0.717) is 23.0 Å². The molecule has 0 fully saturated rings. The molecule has 132 valence electrons. The Morgan fingerprint density at radius 2 is 1.19 bits per heavy atom. The van der Waals surface area contributed by atoms with Crippen molar-refractivity contribution in [3.63, 3.8) is 0 Å². The van der Waals surface area contributed by atoms with E-state index in [9.17, 15) is 4.79 Å². The molecule has 5 heteroatoms. The monoisotopic (exact) mass is 349 g/mol. The van der Waals surface area contributed by atoms with Crippen molar-refractivity contribution in [3.8, 4) is 23.0 Å². The number of benzene rings is 3. The van der Waals surface area contributed by atoms with Crippen LogP contribution in [-0.2, 0) is 4.84 Å². The second kappa shape index (κ2) is 8.18. The molecule has 0 aromatic heterocycles. The summed E-state index contributed by atoms with van der Waals surface area (Å²) in [6.07, 6.45) is 0. The summed E-state index contributed by atoms with van der Waals surface area (Å²) in [6.45, 7) is 0. The number of ether oxygens (including phenoxy) is 2. The first-order valence-electron chi connectivity index (χ1n) is 8.10. The predicted octanol–water partition coefficient (Wildman–Crippen LogP) is 4.90. The fourth-order valence-electron chi connectivity index (χ4n) is 2.36. The summed E-state index contributed by atoms with van der Waals surface area (Å²) in [4.78, 5) is 17.9. The third kappa shape index (κ3) is 4.02. The molecule has 1 amide bonds. The minimum atomic E-state index is -0.370. The Balaban J connectivity index is 2.03. The van der Waals surface area contributed by atoms with E-state index in [2.05, 4.69) is 0 Å². The quantitative estimate of drug-likeness (QED) is 0.594. The molecule has 3 aromatic rings. The van der Waals surface area contributed by atoms with E-state index in [1.165, 1.54) is 14.2 Å². The highest BCUT2D eigenvalue weighted by Crippen LogP contribution is 2.35. The van der Waals surface area contributed by atoms with Crippen LogP contribution in [0.2, 0.25) is 0 Å². The average Bonchev–Trinajstić information content (AvgIpc) is 2.69. The number of carbonyl (C=O) groups excluding carboxylic acids is 1. The van der Waals surface area contributed by atoms with Gasteiger partial charge in [0.2, 0.25) is 0 Å². The van der Waals surface area contributed by atoms with Gasteiger partial charge in [0.15, 0.2) is 0 Å². The number of hydroxylamine groups is 2. The van der Waals surface area contributed by atoms with Crippen LogP contribution in [0, 0.1) is 0 Å². The third-order valence-electron chi connectivity index (χ3n) is 3.70. The van der Waals surface area contributed by atoms with Gasteiger partial charge in [0.25, 0.3) is 5.91 Å². The second-order valence-corrected chi connectivity index (χ2v) is 5.44. The maximum Gasteiger partial charge on any atom is 0.284 e. The lowest BCUT2D eigenvalue weighted by Gasteiger charge is -2.19. The van der Waals surface area contributed by atoms with Gasteiger partial charge in [-0.15, -0.1) is 0 Å². The average molecular weight is 349 g/mol. The fourth-order valence-corrected chi connectivity index (χ4v) is 2.36. The van der Waals surface area contributed by atoms with Crippen LogP contribution in [0.15, 0.2) is 78.9 Å². The number of para-hydroxylation sites is 2. The van der Waals surface area contributed by atoms with Gasteiger partial charge >= 0.3 is 0 Å². The second-order valence-electron chi connectivity index (χ2n) is 5.44. The minimum Gasteiger partial charge on any atom is -0.456 e. The molecule has 0 saturated heterocycles. The van der Waals surface area contributed by atoms with Crippen molar-refractivity contribution in [3.05, 3.63) is 84.4 Å². The van der Waals surface area contributed by atoms with Gasteiger partial charge in [-0.1, -0.05) is 42.5 Å². The van der Waals surface area contributed by atoms with Gasteiger partial charge in [-0.3, -0.25) is 9.63 Å². The van der Waals surface area contributed by atoms with Crippen LogP contribution < -0.4 is 9.47 Å². The maximum atomic E-state index is 12.8. The lowest BCUT2D eigenvalue weighted by Crippen LogP contribution is -2.26. The molecule has 0 aliphatic rings. The molecule has 0 N–H and O–H groups in total. The van der Waals surface area contributed by atoms with E-state index < -0.39 is 0 Å². The summed E-state index contributed by atoms with van der Waals surface area (Å²) >= 11 is 0. The van der Waals surface area contributed by atoms with E-state index in [4.69, 9.17) is 14.3 Å². The topological polar surface area (TPSA) is 48.0 Å². The van der Waals surface area contributed by atoms with Crippen molar-refractivity contribution >= 4 is 5.91 Å². The number of hydrogen-bond donors (Lipinski definition) is 0. The molecular weight excluding hydrogens is 330 g/mol. The zero-order valence-corrected chi connectivity index (χ0v) is 14.6. The highest BCUT2D eigenvalue weighted by molar-refractivity contribution is 5.99. The Morgan fingerprint density at radius 3 is 1.62 bits per heavy atom. The highest BCUT2D eigenvalue weighted by atomic mass is 16.7. The Morgan fingerprint density at radius 1 is 0.731 bits per heavy atom. The van der Waals surface area contributed by atoms with Gasteiger partial charge < -0.3 is 9.47 Å². The summed E-state index contributed by atoms with van der Waals surface area (Å²) < 4.78 is 11.8. The van der Waals surface area contributed by atoms with E-state index in [-0.39, 0.29) is 11.5 Å². The summed E-state index contributed by atoms with van der Waals surface area (Å²) in [6, 6.07) is 23.7. The molecule has 5 nitrogen and oxygen atoms in total. The molecule has 0 aliphatic heterocycles. The summed E-state index contributed by atoms with van der Waals surface area (Å²) in [7, 11) is 2.96. The Kier molecular flexibility index (Phi) is 5.51. The van der Waals surface area contributed by atoms with Gasteiger partial charge in [0.1, 0.15) is 28.6 Å². The fraction of sp³-hybridized carbons (Fsp3) is 0.0952. The molecule has 0 aliphatic carbocycles. The van der Waals surface area contributed by atoms with Gasteiger partial charge in [-0.05, 0) is 36.4 Å². The number of hydrogen-bond acceptors (Lipinski definition) is 4. The SMILES string of the molecule is CON(C)C(=O)c1c(Oc2ccccc2)cccc1Oc1ccccc1. The van der Waals surface area contributed by atoms with Crippen molar-refractivity contribution in [2.75, 3.05) is 14.2 Å². The first-order chi connectivity index (χ1) is 12.7. The molecule has 0 atom stereocenters. The molecule has 0 radical (unpaired) electrons. The van der Waals surface area contributed by atoms with Crippen molar-refractivity contribution in [2.45, 2.75) is 0 Å². The number of nitrogens with zero attached hydrogens (tertiary/aromatic N) is 1. The normalized spacial score (nSPS) is 10.2. The van der Waals surface area contributed by atoms with Gasteiger partial charge in [0, 0.05) is 7.05 Å². The molecule has 3 aromatic carbocycles. The zero-order valence-electron chi connectivity index (χ0n) is 14.6. The molecule has 26 heavy (non-hydrogen) atoms. The smallest absolute Gasteiger partial charge is 0.284 e. The maximum absolute atomic E-state index is 12.8. The van der Waals surface area contributed by atoms with Crippen LogP contribution in [-0.4, -0.2) is 25.1 Å². The van der Waals surface area contributed by atoms with Crippen molar-refractivity contribution in [1.29, 1.82) is 0 Å². The molecule has 0 bridgehead atoms. The van der Waals surface area contributed by atoms with E-state index in [0.717, 1.165) is 5.06 Å². The molecule has 0 spiro atoms. The predicted molar refractivity (Wildman–Crippen MR) is 98.6 cm³/mol. The summed E-state index contributed by atoms with van der Waals surface area (Å²) in [5, 5.41) is 1.13. The van der Waals surface area contributed by atoms with Gasteiger partial charge in [0.05, 0.1) is 7.11 Å². The molecule has 3 rings (SSSR count). The van der Waals surface area contributed by atoms with Crippen LogP contribution in [0.5, 0.6) is 23.0 Å². The summed E-state index contributed by atoms with van der Waals surface area (Å²) in [5.74, 6) is 1.65. The van der Waals surface area contributed by atoms with E-state index >= 15 is 0 Å². The summed E-state index contributed by atoms with van der Waals surface area (Å²) in [5.41, 5.74) is 0.282. The lowest BCUT2D eigenvalue weighted by molar-refractivity contribution is -0.0759. The number of rotatable bonds is 6. The van der Waals surface area contributed by atoms with Gasteiger partial charge in [-0.25, -0.2) is 5.06 Å². The lowest BCUT2D eigenvalue weighted by atomic mass is 10.1. The molecule has 0 saturated carbocycles. The van der Waals surface area contributed by atoms with E-state index in [1.54, 1.807) is 18.2 Å². The van der Waals surface area contributed by atoms with Crippen LogP contribution in [0.1, 0.15) is 10.4 Å².